The lowest BCUT2D eigenvalue weighted by atomic mass is 10.1. The van der Waals surface area contributed by atoms with E-state index in [4.69, 9.17) is 4.74 Å². The predicted octanol–water partition coefficient (Wildman–Crippen LogP) is 2.04. The van der Waals surface area contributed by atoms with Gasteiger partial charge in [0.2, 0.25) is 5.91 Å². The van der Waals surface area contributed by atoms with E-state index in [1.54, 1.807) is 11.0 Å². The third-order valence-electron chi connectivity index (χ3n) is 4.79. The topological polar surface area (TPSA) is 96.0 Å². The number of amides is 2. The molecule has 1 aliphatic heterocycles. The number of anilines is 1. The number of ether oxygens (including phenoxy) is 1. The molecule has 2 heterocycles. The van der Waals surface area contributed by atoms with E-state index in [2.05, 4.69) is 5.32 Å². The third-order valence-corrected chi connectivity index (χ3v) is 8.14. The number of hydrogen-bond acceptors (Lipinski definition) is 6. The average Bonchev–Trinajstić information content (AvgIpc) is 3.25. The second-order valence-electron chi connectivity index (χ2n) is 6.84. The normalized spacial score (nSPS) is 14.7. The fourth-order valence-corrected chi connectivity index (χ4v) is 5.69. The summed E-state index contributed by atoms with van der Waals surface area (Å²) in [4.78, 5) is 27.0. The molecule has 2 aromatic rings. The van der Waals surface area contributed by atoms with Gasteiger partial charge in [0.15, 0.2) is 0 Å². The molecule has 0 unspecified atom stereocenters. The molecule has 0 bridgehead atoms. The van der Waals surface area contributed by atoms with Gasteiger partial charge < -0.3 is 15.0 Å². The Bertz CT molecular complexity index is 1010. The minimum absolute atomic E-state index is 0.0309. The second kappa shape index (κ2) is 9.69. The van der Waals surface area contributed by atoms with E-state index in [9.17, 15) is 18.0 Å². The summed E-state index contributed by atoms with van der Waals surface area (Å²) in [6.07, 6.45) is 0.750. The minimum atomic E-state index is -3.89. The van der Waals surface area contributed by atoms with Crippen LogP contribution in [0.1, 0.15) is 22.2 Å². The largest absolute Gasteiger partial charge is 0.378 e. The molecule has 1 aromatic carbocycles. The molecule has 2 amide bonds. The number of nitrogens with zero attached hydrogens (tertiary/aromatic N) is 2. The number of para-hydroxylation sites is 1. The van der Waals surface area contributed by atoms with E-state index in [0.29, 0.717) is 36.9 Å². The summed E-state index contributed by atoms with van der Waals surface area (Å²) < 4.78 is 32.0. The third kappa shape index (κ3) is 5.07. The molecule has 0 atom stereocenters. The maximum absolute atomic E-state index is 12.9. The number of hydrogen-bond donors (Lipinski definition) is 1. The Balaban J connectivity index is 1.66. The smallest absolute Gasteiger partial charge is 0.264 e. The number of nitrogens with one attached hydrogen (secondary N) is 1. The van der Waals surface area contributed by atoms with Crippen molar-refractivity contribution < 1.29 is 22.7 Å². The molecule has 0 spiro atoms. The van der Waals surface area contributed by atoms with Crippen LogP contribution < -0.4 is 5.32 Å². The average molecular weight is 452 g/mol. The van der Waals surface area contributed by atoms with Crippen LogP contribution in [0, 0.1) is 0 Å². The Labute approximate surface area is 180 Å². The number of rotatable bonds is 7. The van der Waals surface area contributed by atoms with Crippen molar-refractivity contribution in [1.82, 2.24) is 9.21 Å². The van der Waals surface area contributed by atoms with Crippen LogP contribution in [0.2, 0.25) is 0 Å². The number of morpholine rings is 1. The quantitative estimate of drug-likeness (QED) is 0.695. The number of thiophene rings is 1. The molecule has 1 saturated heterocycles. The number of carbonyl (C=O) groups excluding carboxylic acids is 2. The van der Waals surface area contributed by atoms with Crippen molar-refractivity contribution in [2.75, 3.05) is 45.2 Å². The lowest BCUT2D eigenvalue weighted by Crippen LogP contribution is -2.40. The Hall–Kier alpha value is -2.27. The highest BCUT2D eigenvalue weighted by molar-refractivity contribution is 7.91. The molecule has 162 valence electrons. The van der Waals surface area contributed by atoms with Crippen molar-refractivity contribution in [3.05, 3.63) is 46.8 Å². The number of likely N-dealkylation sites (N-methyl/N-ethyl adjacent to an activating group) is 1. The molecule has 1 aliphatic rings. The summed E-state index contributed by atoms with van der Waals surface area (Å²) in [5, 5.41) is 2.77. The Morgan fingerprint density at radius 1 is 1.17 bits per heavy atom. The lowest BCUT2D eigenvalue weighted by Gasteiger charge is -2.26. The maximum atomic E-state index is 12.9. The molecule has 1 N–H and O–H groups in total. The lowest BCUT2D eigenvalue weighted by molar-refractivity contribution is -0.116. The first-order chi connectivity index (χ1) is 14.3. The molecule has 0 radical (unpaired) electrons. The maximum Gasteiger partial charge on any atom is 0.264 e. The van der Waals surface area contributed by atoms with Gasteiger partial charge in [-0.2, -0.15) is 4.31 Å². The molecule has 3 rings (SSSR count). The Morgan fingerprint density at radius 2 is 1.87 bits per heavy atom. The molecule has 10 heteroatoms. The first-order valence-electron chi connectivity index (χ1n) is 9.64. The standard InChI is InChI=1S/C20H25N3O5S2/c1-3-15-6-4-5-7-16(15)21-18(24)14-22(2)30(26,27)19-9-8-17(29-19)20(25)23-10-12-28-13-11-23/h4-9H,3,10-14H2,1-2H3,(H,21,24). The van der Waals surface area contributed by atoms with Crippen LogP contribution in [0.15, 0.2) is 40.6 Å². The number of carbonyl (C=O) groups is 2. The first-order valence-corrected chi connectivity index (χ1v) is 11.9. The zero-order valence-corrected chi connectivity index (χ0v) is 18.6. The van der Waals surface area contributed by atoms with Crippen molar-refractivity contribution in [1.29, 1.82) is 0 Å². The van der Waals surface area contributed by atoms with Crippen molar-refractivity contribution in [2.45, 2.75) is 17.6 Å². The molecule has 1 fully saturated rings. The van der Waals surface area contributed by atoms with Crippen molar-refractivity contribution in [3.63, 3.8) is 0 Å². The summed E-state index contributed by atoms with van der Waals surface area (Å²) in [5.74, 6) is -0.635. The number of aryl methyl sites for hydroxylation is 1. The van der Waals surface area contributed by atoms with E-state index in [-0.39, 0.29) is 16.7 Å². The summed E-state index contributed by atoms with van der Waals surface area (Å²) in [6.45, 7) is 3.57. The SMILES string of the molecule is CCc1ccccc1NC(=O)CN(C)S(=O)(=O)c1ccc(C(=O)N2CCOCC2)s1. The molecule has 0 saturated carbocycles. The van der Waals surface area contributed by atoms with Gasteiger partial charge in [-0.3, -0.25) is 9.59 Å². The fourth-order valence-electron chi connectivity index (χ4n) is 3.08. The van der Waals surface area contributed by atoms with Crippen molar-refractivity contribution >= 4 is 38.9 Å². The highest BCUT2D eigenvalue weighted by atomic mass is 32.2. The summed E-state index contributed by atoms with van der Waals surface area (Å²) in [5.41, 5.74) is 1.64. The number of benzene rings is 1. The molecule has 1 aromatic heterocycles. The fraction of sp³-hybridized carbons (Fsp3) is 0.400. The molecule has 8 nitrogen and oxygen atoms in total. The summed E-state index contributed by atoms with van der Waals surface area (Å²) in [7, 11) is -2.54. The van der Waals surface area contributed by atoms with E-state index >= 15 is 0 Å². The van der Waals surface area contributed by atoms with E-state index in [1.165, 1.54) is 19.2 Å². The van der Waals surface area contributed by atoms with Gasteiger partial charge in [-0.1, -0.05) is 25.1 Å². The monoisotopic (exact) mass is 451 g/mol. The molecular weight excluding hydrogens is 426 g/mol. The van der Waals surface area contributed by atoms with E-state index < -0.39 is 15.9 Å². The van der Waals surface area contributed by atoms with Gasteiger partial charge in [0, 0.05) is 25.8 Å². The predicted molar refractivity (Wildman–Crippen MR) is 115 cm³/mol. The zero-order chi connectivity index (χ0) is 21.7. The van der Waals surface area contributed by atoms with Crippen LogP contribution in [0.5, 0.6) is 0 Å². The van der Waals surface area contributed by atoms with Crippen LogP contribution in [0.3, 0.4) is 0 Å². The van der Waals surface area contributed by atoms with Crippen LogP contribution >= 0.6 is 11.3 Å². The van der Waals surface area contributed by atoms with Gasteiger partial charge in [0.05, 0.1) is 24.6 Å². The summed E-state index contributed by atoms with van der Waals surface area (Å²) >= 11 is 0.914. The molecular formula is C20H25N3O5S2. The van der Waals surface area contributed by atoms with Crippen LogP contribution in [0.25, 0.3) is 0 Å². The second-order valence-corrected chi connectivity index (χ2v) is 10.2. The molecule has 30 heavy (non-hydrogen) atoms. The first kappa shape index (κ1) is 22.4. The highest BCUT2D eigenvalue weighted by Crippen LogP contribution is 2.26. The van der Waals surface area contributed by atoms with Gasteiger partial charge in [-0.05, 0) is 30.2 Å². The number of sulfonamides is 1. The van der Waals surface area contributed by atoms with Crippen LogP contribution in [-0.2, 0) is 26.0 Å². The van der Waals surface area contributed by atoms with Crippen LogP contribution in [0.4, 0.5) is 5.69 Å². The van der Waals surface area contributed by atoms with Gasteiger partial charge in [-0.15, -0.1) is 11.3 Å². The van der Waals surface area contributed by atoms with Gasteiger partial charge in [-0.25, -0.2) is 8.42 Å². The van der Waals surface area contributed by atoms with Crippen molar-refractivity contribution in [3.8, 4) is 0 Å². The van der Waals surface area contributed by atoms with E-state index in [0.717, 1.165) is 27.6 Å². The Kier molecular flexibility index (Phi) is 7.24. The van der Waals surface area contributed by atoms with Gasteiger partial charge in [0.25, 0.3) is 15.9 Å². The van der Waals surface area contributed by atoms with Gasteiger partial charge >= 0.3 is 0 Å². The van der Waals surface area contributed by atoms with Crippen molar-refractivity contribution in [2.24, 2.45) is 0 Å². The Morgan fingerprint density at radius 3 is 2.57 bits per heavy atom. The molecule has 0 aliphatic carbocycles. The minimum Gasteiger partial charge on any atom is -0.378 e. The van der Waals surface area contributed by atoms with E-state index in [1.807, 2.05) is 25.1 Å². The van der Waals surface area contributed by atoms with Gasteiger partial charge in [0.1, 0.15) is 4.21 Å². The highest BCUT2D eigenvalue weighted by Gasteiger charge is 2.27. The zero-order valence-electron chi connectivity index (χ0n) is 17.0. The summed E-state index contributed by atoms with van der Waals surface area (Å²) in [6, 6.07) is 10.3. The van der Waals surface area contributed by atoms with Crippen LogP contribution in [-0.4, -0.2) is 69.3 Å².